The average Bonchev–Trinajstić information content (AvgIpc) is 3.62. The van der Waals surface area contributed by atoms with Crippen LogP contribution in [-0.4, -0.2) is 74.3 Å². The zero-order valence-electron chi connectivity index (χ0n) is 32.4. The highest BCUT2D eigenvalue weighted by molar-refractivity contribution is 5.90. The second-order valence-electron chi connectivity index (χ2n) is 16.1. The van der Waals surface area contributed by atoms with Crippen LogP contribution in [0.4, 0.5) is 0 Å². The van der Waals surface area contributed by atoms with Crippen molar-refractivity contribution in [3.05, 3.63) is 108 Å². The number of benzene rings is 3. The number of H-pyrrole nitrogens is 2. The first-order chi connectivity index (χ1) is 27.2. The third kappa shape index (κ3) is 8.04. The molecule has 290 valence electrons. The number of ether oxygens (including phenoxy) is 1. The van der Waals surface area contributed by atoms with E-state index in [0.29, 0.717) is 31.9 Å². The molecular formula is C45H51N7O4. The number of methoxy groups -OCH3 is 1. The Hall–Kier alpha value is -5.55. The van der Waals surface area contributed by atoms with Gasteiger partial charge in [0.05, 0.1) is 42.5 Å². The van der Waals surface area contributed by atoms with Gasteiger partial charge in [-0.1, -0.05) is 92.7 Å². The number of aromatic amines is 2. The largest absolute Gasteiger partial charge is 0.384 e. The molecule has 1 saturated carbocycles. The van der Waals surface area contributed by atoms with Crippen molar-refractivity contribution in [2.24, 2.45) is 17.8 Å². The van der Waals surface area contributed by atoms with Gasteiger partial charge in [-0.2, -0.15) is 0 Å². The van der Waals surface area contributed by atoms with Crippen molar-refractivity contribution in [1.82, 2.24) is 35.1 Å². The summed E-state index contributed by atoms with van der Waals surface area (Å²) in [6, 6.07) is 25.3. The zero-order valence-corrected chi connectivity index (χ0v) is 32.4. The van der Waals surface area contributed by atoms with Crippen molar-refractivity contribution in [2.45, 2.75) is 70.5 Å². The molecule has 0 radical (unpaired) electrons. The Kier molecular flexibility index (Phi) is 10.9. The standard InChI is InChI=1S/C45H51N7O4/c1-28(2)22-40(53)51-21-7-10-38(51)42-46-24-36(48-42)32-15-11-30(12-16-32)31-13-17-33(18-14-31)37-25-47-43(49-37)39-23-29(27-56-3)26-52(39)45(55)41(34-8-5-4-6-9-34)50-44(54)35-19-20-35/h4-6,8-9,11-18,24-25,28-29,35,38-39,41H,7,10,19-23,26-27H2,1-3H3,(H,46,48)(H,47,49)(H,50,54)/t29-,38-,39-,41+/m0/s1. The quantitative estimate of drug-likeness (QED) is 0.113. The molecule has 2 saturated heterocycles. The summed E-state index contributed by atoms with van der Waals surface area (Å²) < 4.78 is 5.52. The van der Waals surface area contributed by atoms with Gasteiger partial charge in [0.2, 0.25) is 17.7 Å². The average molecular weight is 754 g/mol. The highest BCUT2D eigenvalue weighted by Crippen LogP contribution is 2.38. The number of nitrogens with one attached hydrogen (secondary N) is 3. The minimum absolute atomic E-state index is 0.00347. The van der Waals surface area contributed by atoms with Gasteiger partial charge in [0.1, 0.15) is 17.7 Å². The van der Waals surface area contributed by atoms with Crippen molar-refractivity contribution in [3.8, 4) is 33.6 Å². The molecule has 0 spiro atoms. The molecule has 1 aliphatic carbocycles. The Bertz CT molecular complexity index is 2140. The van der Waals surface area contributed by atoms with Crippen LogP contribution in [0, 0.1) is 17.8 Å². The summed E-state index contributed by atoms with van der Waals surface area (Å²) in [6.45, 7) is 6.00. The number of likely N-dealkylation sites (tertiary alicyclic amines) is 2. The molecule has 11 nitrogen and oxygen atoms in total. The Labute approximate surface area is 328 Å². The second-order valence-corrected chi connectivity index (χ2v) is 16.1. The number of nitrogens with zero attached hydrogens (tertiary/aromatic N) is 4. The van der Waals surface area contributed by atoms with E-state index in [1.807, 2.05) is 52.5 Å². The molecule has 3 aliphatic rings. The van der Waals surface area contributed by atoms with Crippen molar-refractivity contribution < 1.29 is 19.1 Å². The lowest BCUT2D eigenvalue weighted by Gasteiger charge is -2.29. The smallest absolute Gasteiger partial charge is 0.250 e. The van der Waals surface area contributed by atoms with E-state index in [4.69, 9.17) is 14.7 Å². The van der Waals surface area contributed by atoms with Crippen LogP contribution in [0.5, 0.6) is 0 Å². The summed E-state index contributed by atoms with van der Waals surface area (Å²) in [6.07, 6.45) is 8.61. The zero-order chi connectivity index (χ0) is 38.8. The van der Waals surface area contributed by atoms with E-state index in [0.717, 1.165) is 83.1 Å². The van der Waals surface area contributed by atoms with Gasteiger partial charge in [-0.3, -0.25) is 14.4 Å². The molecule has 0 unspecified atom stereocenters. The van der Waals surface area contributed by atoms with Gasteiger partial charge in [-0.25, -0.2) is 9.97 Å². The Morgan fingerprint density at radius 3 is 1.95 bits per heavy atom. The maximum absolute atomic E-state index is 14.3. The van der Waals surface area contributed by atoms with Gasteiger partial charge in [-0.15, -0.1) is 0 Å². The fourth-order valence-electron chi connectivity index (χ4n) is 8.29. The van der Waals surface area contributed by atoms with Crippen molar-refractivity contribution in [2.75, 3.05) is 26.8 Å². The number of aromatic nitrogens is 4. The normalized spacial score (nSPS) is 20.1. The van der Waals surface area contributed by atoms with E-state index in [-0.39, 0.29) is 41.6 Å². The van der Waals surface area contributed by atoms with Gasteiger partial charge in [-0.05, 0) is 65.8 Å². The van der Waals surface area contributed by atoms with Gasteiger partial charge < -0.3 is 29.8 Å². The molecule has 0 bridgehead atoms. The molecule has 5 aromatic rings. The van der Waals surface area contributed by atoms with Crippen LogP contribution in [-0.2, 0) is 19.1 Å². The molecule has 3 fully saturated rings. The fourth-order valence-corrected chi connectivity index (χ4v) is 8.29. The van der Waals surface area contributed by atoms with Crippen molar-refractivity contribution in [1.29, 1.82) is 0 Å². The Morgan fingerprint density at radius 1 is 0.786 bits per heavy atom. The lowest BCUT2D eigenvalue weighted by atomic mass is 10.0. The van der Waals surface area contributed by atoms with E-state index in [1.165, 1.54) is 0 Å². The van der Waals surface area contributed by atoms with E-state index in [9.17, 15) is 14.4 Å². The molecule has 56 heavy (non-hydrogen) atoms. The summed E-state index contributed by atoms with van der Waals surface area (Å²) >= 11 is 0. The number of rotatable bonds is 13. The van der Waals surface area contributed by atoms with Gasteiger partial charge >= 0.3 is 0 Å². The van der Waals surface area contributed by atoms with E-state index in [2.05, 4.69) is 77.7 Å². The summed E-state index contributed by atoms with van der Waals surface area (Å²) in [7, 11) is 1.68. The number of carbonyl (C=O) groups excluding carboxylic acids is 3. The maximum Gasteiger partial charge on any atom is 0.250 e. The molecule has 8 rings (SSSR count). The van der Waals surface area contributed by atoms with Gasteiger partial charge in [0.25, 0.3) is 0 Å². The molecular weight excluding hydrogens is 703 g/mol. The predicted molar refractivity (Wildman–Crippen MR) is 215 cm³/mol. The lowest BCUT2D eigenvalue weighted by Crippen LogP contribution is -2.43. The highest BCUT2D eigenvalue weighted by atomic mass is 16.5. The molecule has 4 atom stereocenters. The molecule has 4 heterocycles. The van der Waals surface area contributed by atoms with E-state index >= 15 is 0 Å². The molecule has 2 aliphatic heterocycles. The highest BCUT2D eigenvalue weighted by Gasteiger charge is 2.42. The third-order valence-electron chi connectivity index (χ3n) is 11.4. The van der Waals surface area contributed by atoms with Crippen LogP contribution in [0.3, 0.4) is 0 Å². The summed E-state index contributed by atoms with van der Waals surface area (Å²) in [4.78, 5) is 60.5. The van der Waals surface area contributed by atoms with Crippen LogP contribution < -0.4 is 5.32 Å². The van der Waals surface area contributed by atoms with Crippen LogP contribution in [0.15, 0.2) is 91.3 Å². The van der Waals surface area contributed by atoms with Crippen molar-refractivity contribution in [3.63, 3.8) is 0 Å². The Balaban J connectivity index is 0.957. The van der Waals surface area contributed by atoms with Crippen LogP contribution in [0.1, 0.15) is 87.7 Å². The van der Waals surface area contributed by atoms with Crippen molar-refractivity contribution >= 4 is 17.7 Å². The minimum Gasteiger partial charge on any atom is -0.384 e. The van der Waals surface area contributed by atoms with Crippen LogP contribution in [0.25, 0.3) is 33.6 Å². The summed E-state index contributed by atoms with van der Waals surface area (Å²) in [5, 5.41) is 3.06. The number of amides is 3. The third-order valence-corrected chi connectivity index (χ3v) is 11.4. The lowest BCUT2D eigenvalue weighted by molar-refractivity contribution is -0.138. The summed E-state index contributed by atoms with van der Waals surface area (Å²) in [5.74, 6) is 2.04. The first-order valence-electron chi connectivity index (χ1n) is 20.0. The van der Waals surface area contributed by atoms with E-state index < -0.39 is 6.04 Å². The topological polar surface area (TPSA) is 136 Å². The van der Waals surface area contributed by atoms with E-state index in [1.54, 1.807) is 7.11 Å². The second kappa shape index (κ2) is 16.3. The maximum atomic E-state index is 14.3. The monoisotopic (exact) mass is 753 g/mol. The fraction of sp³-hybridized carbons (Fsp3) is 0.400. The molecule has 11 heteroatoms. The van der Waals surface area contributed by atoms with Gasteiger partial charge in [0, 0.05) is 38.5 Å². The number of carbonyl (C=O) groups is 3. The minimum atomic E-state index is -0.768. The number of hydrogen-bond donors (Lipinski definition) is 3. The summed E-state index contributed by atoms with van der Waals surface area (Å²) in [5.41, 5.74) is 6.80. The van der Waals surface area contributed by atoms with Crippen LogP contribution in [0.2, 0.25) is 0 Å². The number of hydrogen-bond acceptors (Lipinski definition) is 6. The first-order valence-corrected chi connectivity index (χ1v) is 20.0. The van der Waals surface area contributed by atoms with Gasteiger partial charge in [0.15, 0.2) is 0 Å². The SMILES string of the molecule is COC[C@H]1C[C@@H](c2ncc(-c3ccc(-c4ccc(-c5cnc([C@@H]6CCCN6C(=O)CC(C)C)[nH]5)cc4)cc3)[nH]2)N(C(=O)[C@H](NC(=O)C2CC2)c2ccccc2)C1. The Morgan fingerprint density at radius 2 is 1.38 bits per heavy atom. The molecule has 3 amide bonds. The van der Waals surface area contributed by atoms with Crippen LogP contribution >= 0.6 is 0 Å². The molecule has 3 N–H and O–H groups in total. The molecule has 3 aromatic carbocycles. The number of imidazole rings is 2. The predicted octanol–water partition coefficient (Wildman–Crippen LogP) is 7.65. The molecule has 2 aromatic heterocycles. The first kappa shape index (κ1) is 37.4.